The molecule has 0 aliphatic heterocycles. The van der Waals surface area contributed by atoms with Gasteiger partial charge < -0.3 is 14.8 Å². The second-order valence-electron chi connectivity index (χ2n) is 5.19. The molecular weight excluding hydrogens is 338 g/mol. The third-order valence-corrected chi connectivity index (χ3v) is 4.36. The Balaban J connectivity index is 1.60. The first kappa shape index (κ1) is 18.9. The monoisotopic (exact) mass is 359 g/mol. The van der Waals surface area contributed by atoms with Crippen LogP contribution in [0.3, 0.4) is 0 Å². The Labute approximate surface area is 151 Å². The number of benzene rings is 2. The topological polar surface area (TPSA) is 64.6 Å². The fraction of sp³-hybridized carbons (Fsp3) is 0.263. The summed E-state index contributed by atoms with van der Waals surface area (Å²) in [5.41, 5.74) is 1.72. The number of carbonyl (C=O) groups is 2. The van der Waals surface area contributed by atoms with Gasteiger partial charge in [0.2, 0.25) is 0 Å². The molecule has 0 fully saturated rings. The van der Waals surface area contributed by atoms with E-state index in [0.717, 1.165) is 11.5 Å². The van der Waals surface area contributed by atoms with E-state index < -0.39 is 5.97 Å². The van der Waals surface area contributed by atoms with Gasteiger partial charge in [-0.05, 0) is 29.8 Å². The molecule has 5 nitrogen and oxygen atoms in total. The van der Waals surface area contributed by atoms with Crippen LogP contribution in [0.2, 0.25) is 0 Å². The number of methoxy groups -OCH3 is 1. The van der Waals surface area contributed by atoms with Crippen LogP contribution in [-0.2, 0) is 15.3 Å². The van der Waals surface area contributed by atoms with Crippen molar-refractivity contribution in [3.05, 3.63) is 65.7 Å². The number of rotatable bonds is 9. The van der Waals surface area contributed by atoms with E-state index in [4.69, 9.17) is 4.74 Å². The minimum absolute atomic E-state index is 0.0546. The lowest BCUT2D eigenvalue weighted by Crippen LogP contribution is -2.30. The first-order valence-electron chi connectivity index (χ1n) is 7.88. The fourth-order valence-electron chi connectivity index (χ4n) is 2.03. The Morgan fingerprint density at radius 2 is 1.76 bits per heavy atom. The molecule has 2 aromatic rings. The molecule has 0 atom stereocenters. The summed E-state index contributed by atoms with van der Waals surface area (Å²) in [5.74, 6) is 1.73. The molecule has 0 saturated carbocycles. The van der Waals surface area contributed by atoms with E-state index in [-0.39, 0.29) is 12.5 Å². The first-order chi connectivity index (χ1) is 12.2. The second-order valence-corrected chi connectivity index (χ2v) is 6.30. The van der Waals surface area contributed by atoms with E-state index in [9.17, 15) is 9.59 Å². The van der Waals surface area contributed by atoms with E-state index >= 15 is 0 Å². The summed E-state index contributed by atoms with van der Waals surface area (Å²) in [6.07, 6.45) is 0. The van der Waals surface area contributed by atoms with Crippen LogP contribution in [0.4, 0.5) is 0 Å². The van der Waals surface area contributed by atoms with E-state index in [2.05, 4.69) is 22.2 Å². The first-order valence-corrected chi connectivity index (χ1v) is 9.04. The smallest absolute Gasteiger partial charge is 0.337 e. The van der Waals surface area contributed by atoms with Crippen molar-refractivity contribution < 1.29 is 19.1 Å². The average Bonchev–Trinajstić information content (AvgIpc) is 2.66. The van der Waals surface area contributed by atoms with Gasteiger partial charge in [0.05, 0.1) is 12.7 Å². The Bertz CT molecular complexity index is 674. The number of nitrogens with one attached hydrogen (secondary N) is 1. The zero-order chi connectivity index (χ0) is 17.9. The van der Waals surface area contributed by atoms with E-state index in [0.29, 0.717) is 17.9 Å². The van der Waals surface area contributed by atoms with Gasteiger partial charge in [-0.1, -0.05) is 30.3 Å². The molecule has 132 valence electrons. The van der Waals surface area contributed by atoms with Crippen LogP contribution >= 0.6 is 11.8 Å². The molecule has 0 saturated heterocycles. The van der Waals surface area contributed by atoms with Crippen molar-refractivity contribution in [1.29, 1.82) is 0 Å². The molecule has 0 aliphatic rings. The number of hydrogen-bond acceptors (Lipinski definition) is 5. The number of esters is 1. The summed E-state index contributed by atoms with van der Waals surface area (Å²) in [7, 11) is 1.33. The van der Waals surface area contributed by atoms with Crippen molar-refractivity contribution in [1.82, 2.24) is 5.32 Å². The number of hydrogen-bond donors (Lipinski definition) is 1. The SMILES string of the molecule is COC(=O)c1ccc(OCC(=O)NCCSCc2ccccc2)cc1. The Hall–Kier alpha value is -2.47. The summed E-state index contributed by atoms with van der Waals surface area (Å²) in [5, 5.41) is 2.82. The summed E-state index contributed by atoms with van der Waals surface area (Å²) in [6.45, 7) is 0.544. The van der Waals surface area contributed by atoms with Crippen molar-refractivity contribution >= 4 is 23.6 Å². The minimum atomic E-state index is -0.405. The number of ether oxygens (including phenoxy) is 2. The molecule has 0 unspecified atom stereocenters. The lowest BCUT2D eigenvalue weighted by molar-refractivity contribution is -0.122. The number of carbonyl (C=O) groups excluding carboxylic acids is 2. The van der Waals surface area contributed by atoms with E-state index in [1.807, 2.05) is 18.2 Å². The molecule has 2 rings (SSSR count). The summed E-state index contributed by atoms with van der Waals surface area (Å²) >= 11 is 1.77. The van der Waals surface area contributed by atoms with Gasteiger partial charge in [0.1, 0.15) is 5.75 Å². The van der Waals surface area contributed by atoms with E-state index in [1.54, 1.807) is 36.0 Å². The predicted molar refractivity (Wildman–Crippen MR) is 98.9 cm³/mol. The molecule has 1 amide bonds. The molecule has 0 aliphatic carbocycles. The van der Waals surface area contributed by atoms with E-state index in [1.165, 1.54) is 12.7 Å². The molecule has 2 aromatic carbocycles. The van der Waals surface area contributed by atoms with Gasteiger partial charge in [0.25, 0.3) is 5.91 Å². The van der Waals surface area contributed by atoms with Crippen molar-refractivity contribution in [3.63, 3.8) is 0 Å². The number of amides is 1. The van der Waals surface area contributed by atoms with Crippen molar-refractivity contribution in [2.45, 2.75) is 5.75 Å². The highest BCUT2D eigenvalue weighted by Gasteiger charge is 2.06. The Kier molecular flexibility index (Phi) is 7.85. The minimum Gasteiger partial charge on any atom is -0.484 e. The zero-order valence-electron chi connectivity index (χ0n) is 14.1. The second kappa shape index (κ2) is 10.4. The highest BCUT2D eigenvalue weighted by Crippen LogP contribution is 2.13. The molecule has 0 aromatic heterocycles. The largest absolute Gasteiger partial charge is 0.484 e. The maximum absolute atomic E-state index is 11.8. The third-order valence-electron chi connectivity index (χ3n) is 3.33. The maximum Gasteiger partial charge on any atom is 0.337 e. The van der Waals surface area contributed by atoms with Gasteiger partial charge in [0, 0.05) is 18.1 Å². The summed E-state index contributed by atoms with van der Waals surface area (Å²) in [6, 6.07) is 16.7. The molecule has 0 spiro atoms. The lowest BCUT2D eigenvalue weighted by Gasteiger charge is -2.08. The van der Waals surface area contributed by atoms with Crippen LogP contribution < -0.4 is 10.1 Å². The van der Waals surface area contributed by atoms with Crippen LogP contribution in [0.5, 0.6) is 5.75 Å². The molecule has 6 heteroatoms. The highest BCUT2D eigenvalue weighted by atomic mass is 32.2. The van der Waals surface area contributed by atoms with Crippen molar-refractivity contribution in [2.75, 3.05) is 26.0 Å². The molecule has 25 heavy (non-hydrogen) atoms. The zero-order valence-corrected chi connectivity index (χ0v) is 14.9. The van der Waals surface area contributed by atoms with Gasteiger partial charge in [-0.25, -0.2) is 4.79 Å². The maximum atomic E-state index is 11.8. The molecule has 0 heterocycles. The molecule has 0 bridgehead atoms. The van der Waals surface area contributed by atoms with Crippen molar-refractivity contribution in [2.24, 2.45) is 0 Å². The molecule has 0 radical (unpaired) electrons. The average molecular weight is 359 g/mol. The van der Waals surface area contributed by atoms with Crippen LogP contribution in [0.25, 0.3) is 0 Å². The van der Waals surface area contributed by atoms with Gasteiger partial charge in [-0.15, -0.1) is 0 Å². The van der Waals surface area contributed by atoms with Gasteiger partial charge in [-0.2, -0.15) is 11.8 Å². The van der Waals surface area contributed by atoms with Crippen LogP contribution in [0, 0.1) is 0 Å². The van der Waals surface area contributed by atoms with Gasteiger partial charge >= 0.3 is 5.97 Å². The van der Waals surface area contributed by atoms with Crippen LogP contribution in [0.15, 0.2) is 54.6 Å². The van der Waals surface area contributed by atoms with Crippen LogP contribution in [0.1, 0.15) is 15.9 Å². The quantitative estimate of drug-likeness (QED) is 0.551. The Morgan fingerprint density at radius 1 is 1.04 bits per heavy atom. The Morgan fingerprint density at radius 3 is 2.44 bits per heavy atom. The van der Waals surface area contributed by atoms with Gasteiger partial charge in [0.15, 0.2) is 6.61 Å². The highest BCUT2D eigenvalue weighted by molar-refractivity contribution is 7.98. The lowest BCUT2D eigenvalue weighted by atomic mass is 10.2. The standard InChI is InChI=1S/C19H21NO4S/c1-23-19(22)16-7-9-17(10-8-16)24-13-18(21)20-11-12-25-14-15-5-3-2-4-6-15/h2-10H,11-14H2,1H3,(H,20,21). The number of thioether (sulfide) groups is 1. The molecular formula is C19H21NO4S. The summed E-state index contributed by atoms with van der Waals surface area (Å²) < 4.78 is 10.0. The van der Waals surface area contributed by atoms with Crippen molar-refractivity contribution in [3.8, 4) is 5.75 Å². The fourth-order valence-corrected chi connectivity index (χ4v) is 2.85. The normalized spacial score (nSPS) is 10.1. The molecule has 1 N–H and O–H groups in total. The third kappa shape index (κ3) is 6.89. The predicted octanol–water partition coefficient (Wildman–Crippen LogP) is 2.90. The van der Waals surface area contributed by atoms with Crippen LogP contribution in [-0.4, -0.2) is 37.9 Å². The van der Waals surface area contributed by atoms with Gasteiger partial charge in [-0.3, -0.25) is 4.79 Å². The summed E-state index contributed by atoms with van der Waals surface area (Å²) in [4.78, 5) is 23.1.